The first-order valence-corrected chi connectivity index (χ1v) is 7.22. The molecule has 0 aliphatic carbocycles. The highest BCUT2D eigenvalue weighted by Gasteiger charge is 2.24. The van der Waals surface area contributed by atoms with Crippen molar-refractivity contribution < 1.29 is 4.52 Å². The highest BCUT2D eigenvalue weighted by atomic mass is 16.5. The van der Waals surface area contributed by atoms with Gasteiger partial charge >= 0.3 is 0 Å². The summed E-state index contributed by atoms with van der Waals surface area (Å²) in [7, 11) is 1.87. The fourth-order valence-corrected chi connectivity index (χ4v) is 2.28. The lowest BCUT2D eigenvalue weighted by atomic mass is 9.98. The Bertz CT molecular complexity index is 533. The van der Waals surface area contributed by atoms with E-state index in [1.54, 1.807) is 4.68 Å². The first-order valence-electron chi connectivity index (χ1n) is 7.22. The Morgan fingerprint density at radius 1 is 1.40 bits per heavy atom. The van der Waals surface area contributed by atoms with Gasteiger partial charge in [0.2, 0.25) is 11.7 Å². The Morgan fingerprint density at radius 2 is 2.20 bits per heavy atom. The quantitative estimate of drug-likeness (QED) is 0.841. The van der Waals surface area contributed by atoms with E-state index < -0.39 is 0 Å². The third kappa shape index (κ3) is 3.25. The predicted octanol–water partition coefficient (Wildman–Crippen LogP) is 2.35. The molecule has 2 heterocycles. The van der Waals surface area contributed by atoms with Gasteiger partial charge in [0, 0.05) is 19.3 Å². The SMILES string of the molecule is CCCNC(C)C(CC)c1nc(-c2ccn(C)n2)no1. The van der Waals surface area contributed by atoms with E-state index in [0.717, 1.165) is 25.1 Å². The van der Waals surface area contributed by atoms with Crippen LogP contribution in [0.3, 0.4) is 0 Å². The lowest BCUT2D eigenvalue weighted by Crippen LogP contribution is -2.32. The van der Waals surface area contributed by atoms with Gasteiger partial charge in [-0.15, -0.1) is 0 Å². The third-order valence-electron chi connectivity index (χ3n) is 3.46. The van der Waals surface area contributed by atoms with E-state index in [1.165, 1.54) is 0 Å². The monoisotopic (exact) mass is 277 g/mol. The lowest BCUT2D eigenvalue weighted by molar-refractivity contribution is 0.316. The van der Waals surface area contributed by atoms with Crippen molar-refractivity contribution in [2.75, 3.05) is 6.54 Å². The molecule has 0 saturated heterocycles. The molecular formula is C14H23N5O. The number of aromatic nitrogens is 4. The van der Waals surface area contributed by atoms with Crippen LogP contribution in [0.15, 0.2) is 16.8 Å². The molecule has 0 saturated carbocycles. The topological polar surface area (TPSA) is 68.8 Å². The maximum absolute atomic E-state index is 5.43. The molecule has 2 unspecified atom stereocenters. The lowest BCUT2D eigenvalue weighted by Gasteiger charge is -2.20. The van der Waals surface area contributed by atoms with Gasteiger partial charge in [0.1, 0.15) is 5.69 Å². The molecule has 6 nitrogen and oxygen atoms in total. The zero-order valence-corrected chi connectivity index (χ0v) is 12.6. The molecule has 110 valence electrons. The van der Waals surface area contributed by atoms with Crippen LogP contribution in [-0.4, -0.2) is 32.5 Å². The van der Waals surface area contributed by atoms with Crippen molar-refractivity contribution in [2.24, 2.45) is 7.05 Å². The number of hydrogen-bond donors (Lipinski definition) is 1. The van der Waals surface area contributed by atoms with E-state index in [-0.39, 0.29) is 5.92 Å². The van der Waals surface area contributed by atoms with Crippen molar-refractivity contribution in [1.29, 1.82) is 0 Å². The van der Waals surface area contributed by atoms with Gasteiger partial charge in [-0.1, -0.05) is 19.0 Å². The minimum Gasteiger partial charge on any atom is -0.339 e. The number of hydrogen-bond acceptors (Lipinski definition) is 5. The van der Waals surface area contributed by atoms with Crippen LogP contribution < -0.4 is 5.32 Å². The third-order valence-corrected chi connectivity index (χ3v) is 3.46. The molecule has 0 bridgehead atoms. The van der Waals surface area contributed by atoms with Crippen LogP contribution in [0.25, 0.3) is 11.5 Å². The van der Waals surface area contributed by atoms with Gasteiger partial charge in [-0.25, -0.2) is 0 Å². The van der Waals surface area contributed by atoms with Gasteiger partial charge in [-0.05, 0) is 32.4 Å². The minimum atomic E-state index is 0.228. The van der Waals surface area contributed by atoms with Gasteiger partial charge in [0.25, 0.3) is 0 Å². The molecule has 0 fully saturated rings. The Hall–Kier alpha value is -1.69. The van der Waals surface area contributed by atoms with E-state index in [1.807, 2.05) is 19.3 Å². The second kappa shape index (κ2) is 6.65. The Morgan fingerprint density at radius 3 is 2.80 bits per heavy atom. The van der Waals surface area contributed by atoms with Crippen LogP contribution in [0, 0.1) is 0 Å². The Labute approximate surface area is 119 Å². The average Bonchev–Trinajstić information content (AvgIpc) is 3.06. The molecule has 6 heteroatoms. The van der Waals surface area contributed by atoms with Crippen molar-refractivity contribution >= 4 is 0 Å². The molecule has 0 amide bonds. The fourth-order valence-electron chi connectivity index (χ4n) is 2.28. The van der Waals surface area contributed by atoms with Gasteiger partial charge in [0.15, 0.2) is 0 Å². The summed E-state index contributed by atoms with van der Waals surface area (Å²) in [6.07, 6.45) is 3.94. The van der Waals surface area contributed by atoms with Crippen LogP contribution in [0.5, 0.6) is 0 Å². The van der Waals surface area contributed by atoms with E-state index in [9.17, 15) is 0 Å². The molecule has 2 atom stereocenters. The average molecular weight is 277 g/mol. The summed E-state index contributed by atoms with van der Waals surface area (Å²) >= 11 is 0. The van der Waals surface area contributed by atoms with Crippen LogP contribution in [-0.2, 0) is 7.05 Å². The second-order valence-electron chi connectivity index (χ2n) is 5.09. The van der Waals surface area contributed by atoms with Gasteiger partial charge in [-0.2, -0.15) is 10.1 Å². The molecular weight excluding hydrogens is 254 g/mol. The summed E-state index contributed by atoms with van der Waals surface area (Å²) in [5.41, 5.74) is 0.742. The van der Waals surface area contributed by atoms with Gasteiger partial charge in [0.05, 0.1) is 5.92 Å². The summed E-state index contributed by atoms with van der Waals surface area (Å²) in [5, 5.41) is 11.8. The van der Waals surface area contributed by atoms with Crippen LogP contribution in [0.1, 0.15) is 45.4 Å². The first-order chi connectivity index (χ1) is 9.65. The predicted molar refractivity (Wildman–Crippen MR) is 77.3 cm³/mol. The fraction of sp³-hybridized carbons (Fsp3) is 0.643. The Balaban J connectivity index is 2.13. The Kier molecular flexibility index (Phi) is 4.89. The molecule has 0 spiro atoms. The van der Waals surface area contributed by atoms with Crippen LogP contribution >= 0.6 is 0 Å². The maximum atomic E-state index is 5.43. The highest BCUT2D eigenvalue weighted by molar-refractivity contribution is 5.46. The summed E-state index contributed by atoms with van der Waals surface area (Å²) in [5.74, 6) is 1.47. The van der Waals surface area contributed by atoms with Crippen molar-refractivity contribution in [3.8, 4) is 11.5 Å². The highest BCUT2D eigenvalue weighted by Crippen LogP contribution is 2.24. The summed E-state index contributed by atoms with van der Waals surface area (Å²) in [6.45, 7) is 7.46. The van der Waals surface area contributed by atoms with Crippen molar-refractivity contribution in [1.82, 2.24) is 25.2 Å². The number of nitrogens with zero attached hydrogens (tertiary/aromatic N) is 4. The van der Waals surface area contributed by atoms with Crippen LogP contribution in [0.4, 0.5) is 0 Å². The molecule has 2 aromatic rings. The van der Waals surface area contributed by atoms with Crippen molar-refractivity contribution in [2.45, 2.75) is 45.6 Å². The molecule has 0 aliphatic heterocycles. The number of nitrogens with one attached hydrogen (secondary N) is 1. The van der Waals surface area contributed by atoms with Crippen LogP contribution in [0.2, 0.25) is 0 Å². The van der Waals surface area contributed by atoms with Crippen molar-refractivity contribution in [3.05, 3.63) is 18.2 Å². The molecule has 0 radical (unpaired) electrons. The minimum absolute atomic E-state index is 0.228. The van der Waals surface area contributed by atoms with E-state index >= 15 is 0 Å². The van der Waals surface area contributed by atoms with Gasteiger partial charge < -0.3 is 9.84 Å². The summed E-state index contributed by atoms with van der Waals surface area (Å²) in [4.78, 5) is 4.50. The smallest absolute Gasteiger partial charge is 0.231 e. The normalized spacial score (nSPS) is 14.4. The molecule has 1 N–H and O–H groups in total. The molecule has 2 aromatic heterocycles. The molecule has 20 heavy (non-hydrogen) atoms. The maximum Gasteiger partial charge on any atom is 0.231 e. The standard InChI is InChI=1S/C14H23N5O/c1-5-8-15-10(3)11(6-2)14-16-13(18-20-14)12-7-9-19(4)17-12/h7,9-11,15H,5-6,8H2,1-4H3. The zero-order valence-electron chi connectivity index (χ0n) is 12.6. The summed E-state index contributed by atoms with van der Waals surface area (Å²) in [6, 6.07) is 2.20. The molecule has 0 aliphatic rings. The van der Waals surface area contributed by atoms with E-state index in [0.29, 0.717) is 17.8 Å². The first kappa shape index (κ1) is 14.7. The number of rotatable bonds is 7. The van der Waals surface area contributed by atoms with Crippen molar-refractivity contribution in [3.63, 3.8) is 0 Å². The largest absolute Gasteiger partial charge is 0.339 e. The zero-order chi connectivity index (χ0) is 14.5. The number of aryl methyl sites for hydroxylation is 1. The van der Waals surface area contributed by atoms with E-state index in [2.05, 4.69) is 41.3 Å². The molecule has 0 aromatic carbocycles. The summed E-state index contributed by atoms with van der Waals surface area (Å²) < 4.78 is 7.16. The van der Waals surface area contributed by atoms with E-state index in [4.69, 9.17) is 4.52 Å². The molecule has 2 rings (SSSR count). The van der Waals surface area contributed by atoms with Gasteiger partial charge in [-0.3, -0.25) is 4.68 Å². The second-order valence-corrected chi connectivity index (χ2v) is 5.09.